The van der Waals surface area contributed by atoms with Crippen LogP contribution in [-0.4, -0.2) is 35.9 Å². The predicted octanol–water partition coefficient (Wildman–Crippen LogP) is 5.83. The van der Waals surface area contributed by atoms with Crippen molar-refractivity contribution in [3.8, 4) is 5.75 Å². The number of hydrogen-bond acceptors (Lipinski definition) is 3. The van der Waals surface area contributed by atoms with Crippen LogP contribution in [0.5, 0.6) is 5.75 Å². The fourth-order valence-electron chi connectivity index (χ4n) is 3.32. The van der Waals surface area contributed by atoms with Crippen LogP contribution >= 0.6 is 23.2 Å². The molecule has 0 saturated heterocycles. The number of benzene rings is 2. The molecule has 0 fully saturated rings. The maximum absolute atomic E-state index is 13.2. The largest absolute Gasteiger partial charge is 0.484 e. The van der Waals surface area contributed by atoms with Crippen LogP contribution in [0.15, 0.2) is 42.5 Å². The number of rotatable bonds is 11. The number of carbonyl (C=O) groups excluding carboxylic acids is 2. The number of ether oxygens (including phenoxy) is 1. The van der Waals surface area contributed by atoms with Gasteiger partial charge in [-0.25, -0.2) is 0 Å². The summed E-state index contributed by atoms with van der Waals surface area (Å²) in [6.07, 6.45) is 1.26. The first kappa shape index (κ1) is 26.0. The number of carbonyl (C=O) groups is 2. The summed E-state index contributed by atoms with van der Waals surface area (Å²) in [6, 6.07) is 12.2. The van der Waals surface area contributed by atoms with Crippen LogP contribution in [0.4, 0.5) is 0 Å². The van der Waals surface area contributed by atoms with Crippen LogP contribution in [0.3, 0.4) is 0 Å². The van der Waals surface area contributed by atoms with Gasteiger partial charge in [-0.3, -0.25) is 9.59 Å². The van der Waals surface area contributed by atoms with Crippen molar-refractivity contribution in [2.24, 2.45) is 0 Å². The van der Waals surface area contributed by atoms with E-state index in [4.69, 9.17) is 27.9 Å². The van der Waals surface area contributed by atoms with Crippen molar-refractivity contribution in [2.75, 3.05) is 13.2 Å². The monoisotopic (exact) mass is 478 g/mol. The van der Waals surface area contributed by atoms with Crippen molar-refractivity contribution in [3.05, 3.63) is 63.6 Å². The Hall–Kier alpha value is -2.24. The van der Waals surface area contributed by atoms with Gasteiger partial charge in [0.25, 0.3) is 5.91 Å². The minimum atomic E-state index is -0.659. The van der Waals surface area contributed by atoms with E-state index in [9.17, 15) is 9.59 Å². The molecule has 0 bridgehead atoms. The molecule has 0 unspecified atom stereocenters. The minimum Gasteiger partial charge on any atom is -0.484 e. The quantitative estimate of drug-likeness (QED) is 0.441. The molecule has 0 heterocycles. The Bertz CT molecular complexity index is 880. The third kappa shape index (κ3) is 7.14. The molecule has 1 atom stereocenters. The van der Waals surface area contributed by atoms with Crippen LogP contribution in [0.1, 0.15) is 57.6 Å². The average molecular weight is 479 g/mol. The molecule has 2 aromatic rings. The lowest BCUT2D eigenvalue weighted by Crippen LogP contribution is -2.50. The summed E-state index contributed by atoms with van der Waals surface area (Å²) in [5.74, 6) is 0.495. The fraction of sp³-hybridized carbons (Fsp3) is 0.440. The van der Waals surface area contributed by atoms with Crippen molar-refractivity contribution in [1.29, 1.82) is 0 Å². The van der Waals surface area contributed by atoms with E-state index < -0.39 is 6.04 Å². The van der Waals surface area contributed by atoms with E-state index in [1.165, 1.54) is 10.5 Å². The van der Waals surface area contributed by atoms with Gasteiger partial charge in [-0.05, 0) is 48.6 Å². The van der Waals surface area contributed by atoms with E-state index in [0.29, 0.717) is 40.2 Å². The number of halogens is 2. The fourth-order valence-corrected chi connectivity index (χ4v) is 3.83. The van der Waals surface area contributed by atoms with Gasteiger partial charge >= 0.3 is 0 Å². The molecule has 174 valence electrons. The van der Waals surface area contributed by atoms with Crippen LogP contribution in [0.25, 0.3) is 0 Å². The lowest BCUT2D eigenvalue weighted by molar-refractivity contribution is -0.143. The zero-order chi connectivity index (χ0) is 23.7. The summed E-state index contributed by atoms with van der Waals surface area (Å²) in [7, 11) is 0. The molecule has 2 amide bonds. The van der Waals surface area contributed by atoms with Gasteiger partial charge < -0.3 is 15.0 Å². The SMILES string of the molecule is CCCNC(=O)[C@@H](CC)N(Cc1c(Cl)cccc1Cl)C(=O)COc1ccc(C(C)C)cc1. The summed E-state index contributed by atoms with van der Waals surface area (Å²) in [5, 5.41) is 3.78. The molecule has 0 radical (unpaired) electrons. The zero-order valence-corrected chi connectivity index (χ0v) is 20.7. The zero-order valence-electron chi connectivity index (χ0n) is 19.2. The molecule has 2 aromatic carbocycles. The smallest absolute Gasteiger partial charge is 0.261 e. The van der Waals surface area contributed by atoms with Gasteiger partial charge in [0.15, 0.2) is 6.61 Å². The maximum Gasteiger partial charge on any atom is 0.261 e. The molecule has 0 aromatic heterocycles. The van der Waals surface area contributed by atoms with Gasteiger partial charge in [0, 0.05) is 28.7 Å². The summed E-state index contributed by atoms with van der Waals surface area (Å²) in [6.45, 7) is 8.55. The highest BCUT2D eigenvalue weighted by atomic mass is 35.5. The van der Waals surface area contributed by atoms with E-state index in [0.717, 1.165) is 6.42 Å². The number of nitrogens with one attached hydrogen (secondary N) is 1. The van der Waals surface area contributed by atoms with Gasteiger partial charge in [-0.15, -0.1) is 0 Å². The highest BCUT2D eigenvalue weighted by molar-refractivity contribution is 6.36. The molecular weight excluding hydrogens is 447 g/mol. The lowest BCUT2D eigenvalue weighted by atomic mass is 10.0. The molecule has 0 aliphatic heterocycles. The summed E-state index contributed by atoms with van der Waals surface area (Å²) < 4.78 is 5.75. The Labute approximate surface area is 201 Å². The summed E-state index contributed by atoms with van der Waals surface area (Å²) >= 11 is 12.7. The van der Waals surface area contributed by atoms with Crippen molar-refractivity contribution < 1.29 is 14.3 Å². The van der Waals surface area contributed by atoms with E-state index in [-0.39, 0.29) is 25.0 Å². The number of amides is 2. The van der Waals surface area contributed by atoms with Gasteiger partial charge in [0.05, 0.1) is 0 Å². The van der Waals surface area contributed by atoms with Crippen LogP contribution in [0, 0.1) is 0 Å². The number of nitrogens with zero attached hydrogens (tertiary/aromatic N) is 1. The van der Waals surface area contributed by atoms with Crippen molar-refractivity contribution in [2.45, 2.75) is 59.0 Å². The van der Waals surface area contributed by atoms with E-state index in [1.807, 2.05) is 38.1 Å². The van der Waals surface area contributed by atoms with E-state index in [2.05, 4.69) is 19.2 Å². The second-order valence-corrected chi connectivity index (χ2v) is 8.76. The number of hydrogen-bond donors (Lipinski definition) is 1. The van der Waals surface area contributed by atoms with Gasteiger partial charge in [0.2, 0.25) is 5.91 Å². The van der Waals surface area contributed by atoms with Crippen LogP contribution in [-0.2, 0) is 16.1 Å². The lowest BCUT2D eigenvalue weighted by Gasteiger charge is -2.31. The maximum atomic E-state index is 13.2. The predicted molar refractivity (Wildman–Crippen MR) is 130 cm³/mol. The Balaban J connectivity index is 2.23. The third-order valence-corrected chi connectivity index (χ3v) is 5.94. The summed E-state index contributed by atoms with van der Waals surface area (Å²) in [5.41, 5.74) is 1.80. The Morgan fingerprint density at radius 2 is 1.66 bits per heavy atom. The molecule has 0 saturated carbocycles. The van der Waals surface area contributed by atoms with Crippen LogP contribution in [0.2, 0.25) is 10.0 Å². The molecule has 2 rings (SSSR count). The molecule has 5 nitrogen and oxygen atoms in total. The molecular formula is C25H32Cl2N2O3. The van der Waals surface area contributed by atoms with Gasteiger partial charge in [0.1, 0.15) is 11.8 Å². The van der Waals surface area contributed by atoms with E-state index in [1.54, 1.807) is 18.2 Å². The highest BCUT2D eigenvalue weighted by Gasteiger charge is 2.29. The van der Waals surface area contributed by atoms with Crippen molar-refractivity contribution >= 4 is 35.0 Å². The average Bonchev–Trinajstić information content (AvgIpc) is 2.78. The Morgan fingerprint density at radius 1 is 1.03 bits per heavy atom. The molecule has 0 spiro atoms. The molecule has 0 aliphatic carbocycles. The first-order chi connectivity index (χ1) is 15.3. The summed E-state index contributed by atoms with van der Waals surface area (Å²) in [4.78, 5) is 27.5. The normalized spacial score (nSPS) is 11.8. The second-order valence-electron chi connectivity index (χ2n) is 7.95. The van der Waals surface area contributed by atoms with E-state index >= 15 is 0 Å². The Kier molecular flexibility index (Phi) is 10.3. The van der Waals surface area contributed by atoms with Crippen molar-refractivity contribution in [3.63, 3.8) is 0 Å². The molecule has 1 N–H and O–H groups in total. The first-order valence-electron chi connectivity index (χ1n) is 11.0. The van der Waals surface area contributed by atoms with Crippen molar-refractivity contribution in [1.82, 2.24) is 10.2 Å². The van der Waals surface area contributed by atoms with Gasteiger partial charge in [-0.1, -0.05) is 69.1 Å². The first-order valence-corrected chi connectivity index (χ1v) is 11.8. The minimum absolute atomic E-state index is 0.116. The van der Waals surface area contributed by atoms with Crippen LogP contribution < -0.4 is 10.1 Å². The standard InChI is InChI=1S/C25H32Cl2N2O3/c1-5-14-28-25(31)23(6-2)29(15-20-21(26)8-7-9-22(20)27)24(30)16-32-19-12-10-18(11-13-19)17(3)4/h7-13,17,23H,5-6,14-16H2,1-4H3,(H,28,31)/t23-/m1/s1. The third-order valence-electron chi connectivity index (χ3n) is 5.23. The Morgan fingerprint density at radius 3 is 2.19 bits per heavy atom. The highest BCUT2D eigenvalue weighted by Crippen LogP contribution is 2.27. The molecule has 0 aliphatic rings. The topological polar surface area (TPSA) is 58.6 Å². The molecule has 32 heavy (non-hydrogen) atoms. The molecule has 7 heteroatoms. The second kappa shape index (κ2) is 12.7. The van der Waals surface area contributed by atoms with Gasteiger partial charge in [-0.2, -0.15) is 0 Å².